The molecule has 0 radical (unpaired) electrons. The number of thioether (sulfide) groups is 2. The Kier molecular flexibility index (Phi) is 4.68. The maximum Gasteiger partial charge on any atom is 0.354 e. The van der Waals surface area contributed by atoms with Gasteiger partial charge in [-0.25, -0.2) is 4.79 Å². The van der Waals surface area contributed by atoms with E-state index in [4.69, 9.17) is 5.73 Å². The molecule has 3 unspecified atom stereocenters. The zero-order valence-corrected chi connectivity index (χ0v) is 12.9. The van der Waals surface area contributed by atoms with E-state index in [-0.39, 0.29) is 23.0 Å². The van der Waals surface area contributed by atoms with Crippen molar-refractivity contribution in [2.24, 2.45) is 11.7 Å². The molecule has 0 aliphatic carbocycles. The van der Waals surface area contributed by atoms with Crippen molar-refractivity contribution in [2.75, 3.05) is 5.75 Å². The van der Waals surface area contributed by atoms with Crippen LogP contribution in [0.3, 0.4) is 0 Å². The van der Waals surface area contributed by atoms with Gasteiger partial charge in [0.05, 0.1) is 16.3 Å². The molecule has 0 spiro atoms. The van der Waals surface area contributed by atoms with Crippen LogP contribution in [0.1, 0.15) is 20.3 Å². The summed E-state index contributed by atoms with van der Waals surface area (Å²) in [7, 11) is 0. The second kappa shape index (κ2) is 5.97. The third kappa shape index (κ3) is 2.69. The van der Waals surface area contributed by atoms with Crippen molar-refractivity contribution in [3.8, 4) is 0 Å². The van der Waals surface area contributed by atoms with Crippen LogP contribution in [0.4, 0.5) is 0 Å². The van der Waals surface area contributed by atoms with Crippen LogP contribution in [0.5, 0.6) is 0 Å². The quantitative estimate of drug-likeness (QED) is 0.617. The Hall–Kier alpha value is -0.700. The molecule has 1 fully saturated rings. The molecule has 0 aromatic heterocycles. The Labute approximate surface area is 125 Å². The van der Waals surface area contributed by atoms with Gasteiger partial charge in [-0.2, -0.15) is 0 Å². The van der Waals surface area contributed by atoms with E-state index in [2.05, 4.69) is 0 Å². The van der Waals surface area contributed by atoms with Gasteiger partial charge < -0.3 is 15.9 Å². The number of nitrogens with zero attached hydrogens (tertiary/aromatic N) is 1. The molecule has 1 amide bonds. The smallest absolute Gasteiger partial charge is 0.354 e. The van der Waals surface area contributed by atoms with E-state index >= 15 is 0 Å². The van der Waals surface area contributed by atoms with E-state index in [0.29, 0.717) is 9.99 Å². The highest BCUT2D eigenvalue weighted by molar-refractivity contribution is 8.22. The van der Waals surface area contributed by atoms with Gasteiger partial charge in [0.15, 0.2) is 5.70 Å². The summed E-state index contributed by atoms with van der Waals surface area (Å²) in [6.45, 7) is 3.46. The highest BCUT2D eigenvalue weighted by Crippen LogP contribution is 2.53. The first-order valence-electron chi connectivity index (χ1n) is 6.38. The lowest BCUT2D eigenvalue weighted by molar-refractivity contribution is -0.156. The monoisotopic (exact) mass is 318 g/mol. The van der Waals surface area contributed by atoms with Crippen molar-refractivity contribution >= 4 is 35.4 Å². The van der Waals surface area contributed by atoms with Gasteiger partial charge in [0.1, 0.15) is 5.37 Å². The Morgan fingerprint density at radius 2 is 2.20 bits per heavy atom. The number of fused-ring (bicyclic) bond motifs is 1. The molecule has 2 rings (SSSR count). The van der Waals surface area contributed by atoms with Crippen LogP contribution in [-0.2, 0) is 9.59 Å². The number of carbonyl (C=O) groups is 2. The Balaban J connectivity index is 2.11. The minimum absolute atomic E-state index is 0.0524. The summed E-state index contributed by atoms with van der Waals surface area (Å²) in [4.78, 5) is 24.6. The van der Waals surface area contributed by atoms with Crippen molar-refractivity contribution in [3.63, 3.8) is 0 Å². The van der Waals surface area contributed by atoms with Crippen molar-refractivity contribution in [2.45, 2.75) is 37.8 Å². The van der Waals surface area contributed by atoms with Gasteiger partial charge in [-0.3, -0.25) is 9.69 Å². The van der Waals surface area contributed by atoms with Crippen molar-refractivity contribution in [1.82, 2.24) is 4.90 Å². The molecule has 0 aromatic rings. The lowest BCUT2D eigenvalue weighted by atomic mass is 9.92. The van der Waals surface area contributed by atoms with Gasteiger partial charge in [-0.05, 0) is 20.3 Å². The molecule has 2 aliphatic heterocycles. The summed E-state index contributed by atoms with van der Waals surface area (Å²) in [6.07, 6.45) is 0.0137. The van der Waals surface area contributed by atoms with E-state index < -0.39 is 18.0 Å². The summed E-state index contributed by atoms with van der Waals surface area (Å²) in [5.41, 5.74) is 5.72. The predicted octanol–water partition coefficient (Wildman–Crippen LogP) is 0.623. The Bertz CT molecular complexity index is 464. The SMILES string of the molecule is CC(N)CCSC1=C(C(=O)O)N2C(=O)C(C(C)O)[C@H]2S1. The molecule has 0 saturated carbocycles. The summed E-state index contributed by atoms with van der Waals surface area (Å²) >= 11 is 2.77. The van der Waals surface area contributed by atoms with E-state index in [1.54, 1.807) is 6.92 Å². The van der Waals surface area contributed by atoms with Crippen molar-refractivity contribution in [1.29, 1.82) is 0 Å². The van der Waals surface area contributed by atoms with Crippen LogP contribution in [0.25, 0.3) is 0 Å². The number of aliphatic hydroxyl groups excluding tert-OH is 1. The highest BCUT2D eigenvalue weighted by Gasteiger charge is 2.57. The van der Waals surface area contributed by atoms with Crippen LogP contribution in [0.15, 0.2) is 9.93 Å². The molecule has 4 atom stereocenters. The van der Waals surface area contributed by atoms with Crippen molar-refractivity contribution < 1.29 is 19.8 Å². The third-order valence-corrected chi connectivity index (χ3v) is 5.97. The first kappa shape index (κ1) is 15.7. The normalized spacial score (nSPS) is 28.2. The first-order chi connectivity index (χ1) is 9.34. The fourth-order valence-corrected chi connectivity index (χ4v) is 5.33. The molecule has 2 heterocycles. The fourth-order valence-electron chi connectivity index (χ4n) is 2.19. The second-order valence-corrected chi connectivity index (χ2v) is 7.53. The zero-order chi connectivity index (χ0) is 15.0. The lowest BCUT2D eigenvalue weighted by Gasteiger charge is -2.43. The average Bonchev–Trinajstić information content (AvgIpc) is 2.63. The van der Waals surface area contributed by atoms with Crippen LogP contribution < -0.4 is 5.73 Å². The number of carboxylic acid groups (broad SMARTS) is 1. The zero-order valence-electron chi connectivity index (χ0n) is 11.3. The third-order valence-electron chi connectivity index (χ3n) is 3.27. The van der Waals surface area contributed by atoms with E-state index in [1.165, 1.54) is 28.4 Å². The lowest BCUT2D eigenvalue weighted by Crippen LogP contribution is -2.60. The Morgan fingerprint density at radius 1 is 1.55 bits per heavy atom. The van der Waals surface area contributed by atoms with Crippen LogP contribution in [-0.4, -0.2) is 50.3 Å². The standard InChI is InChI=1S/C12H18N2O4S2/c1-5(13)3-4-19-12-8(11(17)18)14-9(16)7(6(2)15)10(14)20-12/h5-7,10,15H,3-4,13H2,1-2H3,(H,17,18)/t5?,6?,7?,10-/m1/s1. The number of β-lactam (4-membered cyclic amide) rings is 1. The summed E-state index contributed by atoms with van der Waals surface area (Å²) < 4.78 is 0.639. The predicted molar refractivity (Wildman–Crippen MR) is 78.8 cm³/mol. The van der Waals surface area contributed by atoms with Gasteiger partial charge in [-0.1, -0.05) is 11.8 Å². The molecule has 20 heavy (non-hydrogen) atoms. The molecule has 2 aliphatic rings. The van der Waals surface area contributed by atoms with Crippen LogP contribution >= 0.6 is 23.5 Å². The minimum Gasteiger partial charge on any atom is -0.477 e. The van der Waals surface area contributed by atoms with E-state index in [0.717, 1.165) is 6.42 Å². The number of hydrogen-bond acceptors (Lipinski definition) is 6. The maximum atomic E-state index is 12.0. The van der Waals surface area contributed by atoms with Crippen LogP contribution in [0, 0.1) is 5.92 Å². The number of nitrogens with two attached hydrogens (primary N) is 1. The van der Waals surface area contributed by atoms with Gasteiger partial charge in [-0.15, -0.1) is 11.8 Å². The Morgan fingerprint density at radius 3 is 2.70 bits per heavy atom. The second-order valence-electron chi connectivity index (χ2n) is 5.04. The number of aliphatic carboxylic acids is 1. The first-order valence-corrected chi connectivity index (χ1v) is 8.24. The van der Waals surface area contributed by atoms with Gasteiger partial charge in [0.25, 0.3) is 0 Å². The number of amides is 1. The minimum atomic E-state index is -1.10. The molecule has 6 nitrogen and oxygen atoms in total. The number of carbonyl (C=O) groups excluding carboxylic acids is 1. The summed E-state index contributed by atoms with van der Waals surface area (Å²) in [5.74, 6) is -1.20. The van der Waals surface area contributed by atoms with E-state index in [1.807, 2.05) is 6.92 Å². The van der Waals surface area contributed by atoms with Gasteiger partial charge in [0, 0.05) is 11.8 Å². The number of rotatable bonds is 6. The van der Waals surface area contributed by atoms with E-state index in [9.17, 15) is 19.8 Å². The highest BCUT2D eigenvalue weighted by atomic mass is 32.2. The van der Waals surface area contributed by atoms with Gasteiger partial charge in [0.2, 0.25) is 5.91 Å². The molecule has 4 N–H and O–H groups in total. The summed E-state index contributed by atoms with van der Waals surface area (Å²) in [5, 5.41) is 18.6. The molecular weight excluding hydrogens is 300 g/mol. The van der Waals surface area contributed by atoms with Crippen LogP contribution in [0.2, 0.25) is 0 Å². The maximum absolute atomic E-state index is 12.0. The largest absolute Gasteiger partial charge is 0.477 e. The molecule has 0 bridgehead atoms. The topological polar surface area (TPSA) is 104 Å². The molecule has 0 aromatic carbocycles. The summed E-state index contributed by atoms with van der Waals surface area (Å²) in [6, 6.07) is 0.0617. The number of hydrogen-bond donors (Lipinski definition) is 3. The molecule has 8 heteroatoms. The molecule has 1 saturated heterocycles. The average molecular weight is 318 g/mol. The van der Waals surface area contributed by atoms with Crippen molar-refractivity contribution in [3.05, 3.63) is 9.93 Å². The van der Waals surface area contributed by atoms with Gasteiger partial charge >= 0.3 is 5.97 Å². The number of carboxylic acids is 1. The molecular formula is C12H18N2O4S2. The number of aliphatic hydroxyl groups is 1. The fraction of sp³-hybridized carbons (Fsp3) is 0.667. The molecule has 112 valence electrons.